The highest BCUT2D eigenvalue weighted by molar-refractivity contribution is 5.17. The lowest BCUT2D eigenvalue weighted by atomic mass is 9.86. The minimum Gasteiger partial charge on any atom is -0.377 e. The highest BCUT2D eigenvalue weighted by atomic mass is 16.5. The Morgan fingerprint density at radius 1 is 1.59 bits per heavy atom. The highest BCUT2D eigenvalue weighted by Gasteiger charge is 2.33. The summed E-state index contributed by atoms with van der Waals surface area (Å²) in [4.78, 5) is 4.29. The minimum absolute atomic E-state index is 0.230. The van der Waals surface area contributed by atoms with Crippen LogP contribution in [0.4, 0.5) is 0 Å². The van der Waals surface area contributed by atoms with Crippen LogP contribution in [0, 0.1) is 0 Å². The smallest absolute Gasteiger partial charge is 0.0949 e. The maximum Gasteiger partial charge on any atom is 0.0949 e. The standard InChI is InChI=1S/C13H23N3O/c1-11(2)17-7-6-16-10-15-8-12(16)13(3)4-5-14-9-13/h8,10-11,14H,4-7,9H2,1-3H3. The van der Waals surface area contributed by atoms with Gasteiger partial charge in [0.05, 0.1) is 19.0 Å². The Hall–Kier alpha value is -0.870. The largest absolute Gasteiger partial charge is 0.377 e. The molecule has 96 valence electrons. The van der Waals surface area contributed by atoms with Gasteiger partial charge in [0.15, 0.2) is 0 Å². The average molecular weight is 237 g/mol. The van der Waals surface area contributed by atoms with Crippen molar-refractivity contribution in [3.8, 4) is 0 Å². The Labute approximate surface area is 103 Å². The highest BCUT2D eigenvalue weighted by Crippen LogP contribution is 2.29. The van der Waals surface area contributed by atoms with Gasteiger partial charge >= 0.3 is 0 Å². The zero-order valence-electron chi connectivity index (χ0n) is 11.1. The molecule has 2 rings (SSSR count). The second-order valence-corrected chi connectivity index (χ2v) is 5.38. The minimum atomic E-state index is 0.230. The van der Waals surface area contributed by atoms with E-state index in [1.807, 2.05) is 12.5 Å². The molecule has 0 aliphatic carbocycles. The summed E-state index contributed by atoms with van der Waals surface area (Å²) in [7, 11) is 0. The third-order valence-corrected chi connectivity index (χ3v) is 3.48. The fourth-order valence-electron chi connectivity index (χ4n) is 2.42. The average Bonchev–Trinajstić information content (AvgIpc) is 2.87. The maximum atomic E-state index is 5.60. The number of hydrogen-bond acceptors (Lipinski definition) is 3. The molecule has 0 radical (unpaired) electrons. The lowest BCUT2D eigenvalue weighted by Gasteiger charge is -2.24. The summed E-state index contributed by atoms with van der Waals surface area (Å²) in [6, 6.07) is 0. The third kappa shape index (κ3) is 2.87. The molecule has 0 bridgehead atoms. The van der Waals surface area contributed by atoms with Gasteiger partial charge in [-0.05, 0) is 26.8 Å². The molecule has 1 atom stereocenters. The molecule has 0 aromatic carbocycles. The van der Waals surface area contributed by atoms with Crippen molar-refractivity contribution in [2.75, 3.05) is 19.7 Å². The quantitative estimate of drug-likeness (QED) is 0.844. The molecule has 1 unspecified atom stereocenters. The first-order valence-electron chi connectivity index (χ1n) is 6.45. The topological polar surface area (TPSA) is 39.1 Å². The molecular formula is C13H23N3O. The van der Waals surface area contributed by atoms with Gasteiger partial charge in [-0.1, -0.05) is 6.92 Å². The van der Waals surface area contributed by atoms with E-state index in [2.05, 4.69) is 35.6 Å². The SMILES string of the molecule is CC(C)OCCn1cncc1C1(C)CCNC1. The third-order valence-electron chi connectivity index (χ3n) is 3.48. The summed E-state index contributed by atoms with van der Waals surface area (Å²) in [6.07, 6.45) is 5.40. The molecule has 17 heavy (non-hydrogen) atoms. The normalized spacial score (nSPS) is 24.7. The second-order valence-electron chi connectivity index (χ2n) is 5.38. The summed E-state index contributed by atoms with van der Waals surface area (Å²) < 4.78 is 7.83. The molecule has 4 heteroatoms. The van der Waals surface area contributed by atoms with E-state index in [1.165, 1.54) is 12.1 Å². The molecule has 1 saturated heterocycles. The van der Waals surface area contributed by atoms with Crippen molar-refractivity contribution in [2.24, 2.45) is 0 Å². The van der Waals surface area contributed by atoms with E-state index in [1.54, 1.807) is 0 Å². The van der Waals surface area contributed by atoms with Crippen molar-refractivity contribution >= 4 is 0 Å². The predicted molar refractivity (Wildman–Crippen MR) is 68.2 cm³/mol. The number of imidazole rings is 1. The van der Waals surface area contributed by atoms with E-state index in [-0.39, 0.29) is 5.41 Å². The Bertz CT molecular complexity index is 353. The van der Waals surface area contributed by atoms with Crippen LogP contribution in [0.1, 0.15) is 32.9 Å². The lowest BCUT2D eigenvalue weighted by molar-refractivity contribution is 0.0719. The number of nitrogens with zero attached hydrogens (tertiary/aromatic N) is 2. The van der Waals surface area contributed by atoms with Gasteiger partial charge in [-0.2, -0.15) is 0 Å². The van der Waals surface area contributed by atoms with Gasteiger partial charge in [-0.15, -0.1) is 0 Å². The Morgan fingerprint density at radius 2 is 2.41 bits per heavy atom. The van der Waals surface area contributed by atoms with Crippen LogP contribution >= 0.6 is 0 Å². The Balaban J connectivity index is 2.01. The van der Waals surface area contributed by atoms with Gasteiger partial charge in [0.25, 0.3) is 0 Å². The molecule has 1 aliphatic rings. The molecular weight excluding hydrogens is 214 g/mol. The van der Waals surface area contributed by atoms with Gasteiger partial charge in [0.2, 0.25) is 0 Å². The first-order chi connectivity index (χ1) is 8.12. The molecule has 1 N–H and O–H groups in total. The van der Waals surface area contributed by atoms with Crippen molar-refractivity contribution in [1.82, 2.24) is 14.9 Å². The number of nitrogens with one attached hydrogen (secondary N) is 1. The molecule has 0 spiro atoms. The lowest BCUT2D eigenvalue weighted by Crippen LogP contribution is -2.28. The zero-order chi connectivity index (χ0) is 12.3. The van der Waals surface area contributed by atoms with Gasteiger partial charge < -0.3 is 14.6 Å². The molecule has 1 aromatic rings. The van der Waals surface area contributed by atoms with Crippen molar-refractivity contribution in [3.05, 3.63) is 18.2 Å². The van der Waals surface area contributed by atoms with Crippen molar-refractivity contribution in [3.63, 3.8) is 0 Å². The van der Waals surface area contributed by atoms with Crippen molar-refractivity contribution in [1.29, 1.82) is 0 Å². The van der Waals surface area contributed by atoms with E-state index >= 15 is 0 Å². The van der Waals surface area contributed by atoms with Gasteiger partial charge in [-0.3, -0.25) is 0 Å². The van der Waals surface area contributed by atoms with Crippen LogP contribution in [0.2, 0.25) is 0 Å². The van der Waals surface area contributed by atoms with E-state index in [0.717, 1.165) is 26.2 Å². The van der Waals surface area contributed by atoms with Gasteiger partial charge in [0.1, 0.15) is 0 Å². The molecule has 1 aromatic heterocycles. The van der Waals surface area contributed by atoms with Crippen LogP contribution in [0.15, 0.2) is 12.5 Å². The van der Waals surface area contributed by atoms with E-state index in [9.17, 15) is 0 Å². The summed E-state index contributed by atoms with van der Waals surface area (Å²) >= 11 is 0. The molecule has 2 heterocycles. The van der Waals surface area contributed by atoms with Crippen LogP contribution in [0.3, 0.4) is 0 Å². The van der Waals surface area contributed by atoms with E-state index in [4.69, 9.17) is 4.74 Å². The van der Waals surface area contributed by atoms with Crippen LogP contribution in [-0.4, -0.2) is 35.4 Å². The molecule has 1 aliphatic heterocycles. The second kappa shape index (κ2) is 5.19. The number of aromatic nitrogens is 2. The van der Waals surface area contributed by atoms with Crippen LogP contribution < -0.4 is 5.32 Å². The number of ether oxygens (including phenoxy) is 1. The summed E-state index contributed by atoms with van der Waals surface area (Å²) in [5, 5.41) is 3.43. The number of hydrogen-bond donors (Lipinski definition) is 1. The monoisotopic (exact) mass is 237 g/mol. The number of rotatable bonds is 5. The summed E-state index contributed by atoms with van der Waals surface area (Å²) in [5.74, 6) is 0. The zero-order valence-corrected chi connectivity index (χ0v) is 11.1. The fraction of sp³-hybridized carbons (Fsp3) is 0.769. The van der Waals surface area contributed by atoms with E-state index < -0.39 is 0 Å². The van der Waals surface area contributed by atoms with Crippen molar-refractivity contribution < 1.29 is 4.74 Å². The Kier molecular flexibility index (Phi) is 3.84. The van der Waals surface area contributed by atoms with Gasteiger partial charge in [-0.25, -0.2) is 4.98 Å². The molecule has 0 amide bonds. The van der Waals surface area contributed by atoms with E-state index in [0.29, 0.717) is 6.10 Å². The first-order valence-corrected chi connectivity index (χ1v) is 6.45. The molecule has 1 fully saturated rings. The van der Waals surface area contributed by atoms with Crippen molar-refractivity contribution in [2.45, 2.75) is 45.3 Å². The van der Waals surface area contributed by atoms with Crippen LogP contribution in [0.25, 0.3) is 0 Å². The molecule has 4 nitrogen and oxygen atoms in total. The summed E-state index contributed by atoms with van der Waals surface area (Å²) in [6.45, 7) is 10.2. The molecule has 0 saturated carbocycles. The van der Waals surface area contributed by atoms with Gasteiger partial charge in [0, 0.05) is 30.4 Å². The summed E-state index contributed by atoms with van der Waals surface area (Å²) in [5.41, 5.74) is 1.56. The van der Waals surface area contributed by atoms with Crippen LogP contribution in [0.5, 0.6) is 0 Å². The fourth-order valence-corrected chi connectivity index (χ4v) is 2.42. The maximum absolute atomic E-state index is 5.60. The predicted octanol–water partition coefficient (Wildman–Crippen LogP) is 1.56. The van der Waals surface area contributed by atoms with Crippen LogP contribution in [-0.2, 0) is 16.7 Å². The Morgan fingerprint density at radius 3 is 3.06 bits per heavy atom. The first kappa shape index (κ1) is 12.6.